The predicted octanol–water partition coefficient (Wildman–Crippen LogP) is -0.453. The molecule has 0 aromatic carbocycles. The fourth-order valence-electron chi connectivity index (χ4n) is 1.67. The molecule has 1 fully saturated rings. The Morgan fingerprint density at radius 3 is 2.39 bits per heavy atom. The van der Waals surface area contributed by atoms with E-state index in [9.17, 15) is 14.4 Å². The third-order valence-electron chi connectivity index (χ3n) is 2.67. The van der Waals surface area contributed by atoms with Gasteiger partial charge in [0.05, 0.1) is 0 Å². The van der Waals surface area contributed by atoms with Gasteiger partial charge >= 0.3 is 12.0 Å². The smallest absolute Gasteiger partial charge is 0.328 e. The monoisotopic (exact) mass is 255 g/mol. The molecule has 0 atom stereocenters. The molecule has 7 heteroatoms. The van der Waals surface area contributed by atoms with Crippen molar-refractivity contribution in [1.82, 2.24) is 15.5 Å². The first-order valence-corrected chi connectivity index (χ1v) is 5.68. The fraction of sp³-hybridized carbons (Fsp3) is 0.545. The van der Waals surface area contributed by atoms with Gasteiger partial charge in [-0.1, -0.05) is 0 Å². The zero-order valence-corrected chi connectivity index (χ0v) is 10.2. The molecule has 0 saturated carbocycles. The van der Waals surface area contributed by atoms with Crippen LogP contribution in [-0.4, -0.2) is 54.1 Å². The van der Waals surface area contributed by atoms with Crippen LogP contribution in [0.25, 0.3) is 0 Å². The second-order valence-electron chi connectivity index (χ2n) is 4.21. The number of nitrogens with zero attached hydrogens (tertiary/aromatic N) is 1. The Morgan fingerprint density at radius 2 is 1.83 bits per heavy atom. The van der Waals surface area contributed by atoms with Crippen molar-refractivity contribution < 1.29 is 19.5 Å². The molecule has 1 aliphatic rings. The number of carboxylic acid groups (broad SMARTS) is 1. The minimum Gasteiger partial charge on any atom is -0.478 e. The van der Waals surface area contributed by atoms with Crippen molar-refractivity contribution in [2.45, 2.75) is 18.9 Å². The molecule has 7 nitrogen and oxygen atoms in total. The van der Waals surface area contributed by atoms with Crippen molar-refractivity contribution in [2.75, 3.05) is 20.1 Å². The Kier molecular flexibility index (Phi) is 5.31. The lowest BCUT2D eigenvalue weighted by Crippen LogP contribution is -2.48. The standard InChI is InChI=1S/C11H17N3O4/c1-14-6-4-8(5-7-14)12-11(18)13-9(15)2-3-10(16)17/h2-3,8H,4-7H2,1H3,(H,16,17)(H2,12,13,15,18)/b3-2+. The zero-order valence-electron chi connectivity index (χ0n) is 10.2. The van der Waals surface area contributed by atoms with Crippen LogP contribution in [0.4, 0.5) is 4.79 Å². The summed E-state index contributed by atoms with van der Waals surface area (Å²) < 4.78 is 0. The SMILES string of the molecule is CN1CCC(NC(=O)NC(=O)/C=C/C(=O)O)CC1. The normalized spacial score (nSPS) is 17.6. The van der Waals surface area contributed by atoms with Gasteiger partial charge in [0.1, 0.15) is 0 Å². The summed E-state index contributed by atoms with van der Waals surface area (Å²) in [4.78, 5) is 34.9. The highest BCUT2D eigenvalue weighted by molar-refractivity contribution is 6.02. The molecule has 3 N–H and O–H groups in total. The van der Waals surface area contributed by atoms with Crippen LogP contribution in [0.2, 0.25) is 0 Å². The van der Waals surface area contributed by atoms with Crippen molar-refractivity contribution >= 4 is 17.9 Å². The molecule has 0 aromatic rings. The maximum absolute atomic E-state index is 11.4. The van der Waals surface area contributed by atoms with Crippen LogP contribution in [0.15, 0.2) is 12.2 Å². The zero-order chi connectivity index (χ0) is 13.5. The highest BCUT2D eigenvalue weighted by Gasteiger charge is 2.18. The summed E-state index contributed by atoms with van der Waals surface area (Å²) in [7, 11) is 2.01. The molecule has 0 radical (unpaired) electrons. The number of piperidine rings is 1. The minimum absolute atomic E-state index is 0.0532. The molecule has 0 unspecified atom stereocenters. The summed E-state index contributed by atoms with van der Waals surface area (Å²) in [6.45, 7) is 1.80. The number of imide groups is 1. The molecular formula is C11H17N3O4. The van der Waals surface area contributed by atoms with Gasteiger partial charge in [0.15, 0.2) is 0 Å². The Balaban J connectivity index is 2.29. The van der Waals surface area contributed by atoms with E-state index in [1.54, 1.807) is 0 Å². The molecule has 0 aromatic heterocycles. The Morgan fingerprint density at radius 1 is 1.22 bits per heavy atom. The first-order valence-electron chi connectivity index (χ1n) is 5.68. The number of carbonyl (C=O) groups is 3. The van der Waals surface area contributed by atoms with E-state index >= 15 is 0 Å². The second kappa shape index (κ2) is 6.75. The number of likely N-dealkylation sites (tertiary alicyclic amines) is 1. The van der Waals surface area contributed by atoms with E-state index < -0.39 is 17.9 Å². The molecule has 1 rings (SSSR count). The molecule has 18 heavy (non-hydrogen) atoms. The first kappa shape index (κ1) is 14.2. The number of amides is 3. The van der Waals surface area contributed by atoms with E-state index in [1.165, 1.54) is 0 Å². The summed E-state index contributed by atoms with van der Waals surface area (Å²) in [5.74, 6) is -1.98. The largest absolute Gasteiger partial charge is 0.478 e. The van der Waals surface area contributed by atoms with Crippen LogP contribution in [0.1, 0.15) is 12.8 Å². The van der Waals surface area contributed by atoms with Crippen LogP contribution >= 0.6 is 0 Å². The van der Waals surface area contributed by atoms with E-state index in [-0.39, 0.29) is 6.04 Å². The number of carboxylic acids is 1. The molecule has 1 saturated heterocycles. The third-order valence-corrected chi connectivity index (χ3v) is 2.67. The van der Waals surface area contributed by atoms with Gasteiger partial charge in [0.25, 0.3) is 5.91 Å². The van der Waals surface area contributed by atoms with Gasteiger partial charge in [-0.15, -0.1) is 0 Å². The van der Waals surface area contributed by atoms with Crippen molar-refractivity contribution in [3.63, 3.8) is 0 Å². The highest BCUT2D eigenvalue weighted by atomic mass is 16.4. The lowest BCUT2D eigenvalue weighted by molar-refractivity contribution is -0.131. The fourth-order valence-corrected chi connectivity index (χ4v) is 1.67. The second-order valence-corrected chi connectivity index (χ2v) is 4.21. The molecule has 3 amide bonds. The summed E-state index contributed by atoms with van der Waals surface area (Å²) in [6, 6.07) is -0.540. The van der Waals surface area contributed by atoms with E-state index in [4.69, 9.17) is 5.11 Å². The summed E-state index contributed by atoms with van der Waals surface area (Å²) in [5, 5.41) is 13.0. The number of carbonyl (C=O) groups excluding carboxylic acids is 2. The van der Waals surface area contributed by atoms with Crippen molar-refractivity contribution in [3.05, 3.63) is 12.2 Å². The first-order chi connectivity index (χ1) is 8.47. The minimum atomic E-state index is -1.24. The van der Waals surface area contributed by atoms with Crippen LogP contribution in [0.5, 0.6) is 0 Å². The number of urea groups is 1. The van der Waals surface area contributed by atoms with Gasteiger partial charge in [-0.2, -0.15) is 0 Å². The van der Waals surface area contributed by atoms with Crippen LogP contribution in [-0.2, 0) is 9.59 Å². The van der Waals surface area contributed by atoms with Crippen LogP contribution < -0.4 is 10.6 Å². The van der Waals surface area contributed by atoms with Gasteiger partial charge in [-0.25, -0.2) is 9.59 Å². The Bertz CT molecular complexity index is 359. The van der Waals surface area contributed by atoms with E-state index in [0.29, 0.717) is 6.08 Å². The Hall–Kier alpha value is -1.89. The van der Waals surface area contributed by atoms with E-state index in [0.717, 1.165) is 32.0 Å². The molecule has 0 spiro atoms. The Labute approximate surface area is 105 Å². The number of nitrogens with one attached hydrogen (secondary N) is 2. The topological polar surface area (TPSA) is 98.7 Å². The van der Waals surface area contributed by atoms with Crippen LogP contribution in [0.3, 0.4) is 0 Å². The number of rotatable bonds is 3. The van der Waals surface area contributed by atoms with Gasteiger partial charge in [-0.05, 0) is 33.0 Å². The van der Waals surface area contributed by atoms with E-state index in [1.807, 2.05) is 12.4 Å². The van der Waals surface area contributed by atoms with Crippen LogP contribution in [0, 0.1) is 0 Å². The maximum atomic E-state index is 11.4. The summed E-state index contributed by atoms with van der Waals surface area (Å²) >= 11 is 0. The third kappa shape index (κ3) is 5.44. The summed E-state index contributed by atoms with van der Waals surface area (Å²) in [5.41, 5.74) is 0. The molecular weight excluding hydrogens is 238 g/mol. The molecule has 1 aliphatic heterocycles. The van der Waals surface area contributed by atoms with E-state index in [2.05, 4.69) is 10.2 Å². The average molecular weight is 255 g/mol. The predicted molar refractivity (Wildman–Crippen MR) is 64.0 cm³/mol. The quantitative estimate of drug-likeness (QED) is 0.593. The number of hydrogen-bond donors (Lipinski definition) is 3. The molecule has 0 aliphatic carbocycles. The average Bonchev–Trinajstić information content (AvgIpc) is 2.29. The van der Waals surface area contributed by atoms with Crippen molar-refractivity contribution in [1.29, 1.82) is 0 Å². The number of hydrogen-bond acceptors (Lipinski definition) is 4. The van der Waals surface area contributed by atoms with Crippen molar-refractivity contribution in [2.24, 2.45) is 0 Å². The lowest BCUT2D eigenvalue weighted by Gasteiger charge is -2.29. The lowest BCUT2D eigenvalue weighted by atomic mass is 10.1. The van der Waals surface area contributed by atoms with Gasteiger partial charge < -0.3 is 15.3 Å². The summed E-state index contributed by atoms with van der Waals surface area (Å²) in [6.07, 6.45) is 3.15. The van der Waals surface area contributed by atoms with Gasteiger partial charge in [0.2, 0.25) is 0 Å². The van der Waals surface area contributed by atoms with Crippen molar-refractivity contribution in [3.8, 4) is 0 Å². The molecule has 100 valence electrons. The highest BCUT2D eigenvalue weighted by Crippen LogP contribution is 2.07. The van der Waals surface area contributed by atoms with Gasteiger partial charge in [-0.3, -0.25) is 10.1 Å². The number of aliphatic carboxylic acids is 1. The maximum Gasteiger partial charge on any atom is 0.328 e. The van der Waals surface area contributed by atoms with Gasteiger partial charge in [0, 0.05) is 18.2 Å². The molecule has 1 heterocycles. The molecule has 0 bridgehead atoms.